The Balaban J connectivity index is 4.00. The van der Waals surface area contributed by atoms with Gasteiger partial charge in [-0.15, -0.1) is 0 Å². The molecule has 0 bridgehead atoms. The smallest absolute Gasteiger partial charge is 0.309 e. The summed E-state index contributed by atoms with van der Waals surface area (Å²) in [6, 6.07) is 0. The van der Waals surface area contributed by atoms with Crippen molar-refractivity contribution in [1.29, 1.82) is 0 Å². The van der Waals surface area contributed by atoms with Gasteiger partial charge < -0.3 is 43.6 Å². The maximum absolute atomic E-state index is 12.9. The molecule has 0 aromatic heterocycles. The van der Waals surface area contributed by atoms with Crippen LogP contribution in [0.25, 0.3) is 0 Å². The Morgan fingerprint density at radius 3 is 1.60 bits per heavy atom. The molecule has 0 aromatic carbocycles. The number of esters is 1. The van der Waals surface area contributed by atoms with Crippen LogP contribution in [-0.2, 0) is 57.1 Å². The van der Waals surface area contributed by atoms with E-state index >= 15 is 0 Å². The molecule has 0 fully saturated rings. The van der Waals surface area contributed by atoms with Crippen molar-refractivity contribution in [3.63, 3.8) is 0 Å². The van der Waals surface area contributed by atoms with Crippen molar-refractivity contribution in [3.05, 3.63) is 0 Å². The number of Topliss-reactive ketones (excluding diaryl/α,β-unsaturated/α-hetero) is 2. The first-order valence-electron chi connectivity index (χ1n) is 21.5. The van der Waals surface area contributed by atoms with Crippen molar-refractivity contribution in [2.45, 2.75) is 167 Å². The van der Waals surface area contributed by atoms with Gasteiger partial charge in [-0.3, -0.25) is 24.0 Å². The lowest BCUT2D eigenvalue weighted by molar-refractivity contribution is -0.161. The van der Waals surface area contributed by atoms with Gasteiger partial charge in [0.25, 0.3) is 0 Å². The van der Waals surface area contributed by atoms with Crippen LogP contribution in [0.3, 0.4) is 0 Å². The van der Waals surface area contributed by atoms with Crippen molar-refractivity contribution in [2.24, 2.45) is 5.92 Å². The number of carboxylic acid groups (broad SMARTS) is 1. The van der Waals surface area contributed by atoms with Gasteiger partial charge in [-0.25, -0.2) is 0 Å². The molecule has 0 aliphatic carbocycles. The lowest BCUT2D eigenvalue weighted by Crippen LogP contribution is -2.32. The van der Waals surface area contributed by atoms with Crippen LogP contribution in [0.5, 0.6) is 0 Å². The second kappa shape index (κ2) is 37.8. The molecule has 0 spiro atoms. The molecular formula is C43H79NO13. The van der Waals surface area contributed by atoms with Crippen LogP contribution in [0.1, 0.15) is 156 Å². The Morgan fingerprint density at radius 2 is 1.05 bits per heavy atom. The largest absolute Gasteiger partial charge is 0.481 e. The molecule has 0 aliphatic heterocycles. The van der Waals surface area contributed by atoms with Crippen LogP contribution in [0, 0.1) is 5.92 Å². The fraction of sp³-hybridized carbons (Fsp3) is 0.884. The third kappa shape index (κ3) is 38.8. The zero-order valence-corrected chi connectivity index (χ0v) is 36.2. The lowest BCUT2D eigenvalue weighted by Gasteiger charge is -2.23. The summed E-state index contributed by atoms with van der Waals surface area (Å²) < 4.78 is 37.3. The van der Waals surface area contributed by atoms with Gasteiger partial charge in [0.1, 0.15) is 18.0 Å². The fourth-order valence-electron chi connectivity index (χ4n) is 5.92. The minimum absolute atomic E-state index is 0.00390. The molecular weight excluding hydrogens is 738 g/mol. The molecule has 0 unspecified atom stereocenters. The molecule has 0 heterocycles. The summed E-state index contributed by atoms with van der Waals surface area (Å²) in [7, 11) is 3.09. The highest BCUT2D eigenvalue weighted by atomic mass is 16.7. The highest BCUT2D eigenvalue weighted by Gasteiger charge is 2.27. The van der Waals surface area contributed by atoms with Crippen LogP contribution in [0.2, 0.25) is 0 Å². The van der Waals surface area contributed by atoms with Crippen molar-refractivity contribution in [2.75, 3.05) is 73.6 Å². The van der Waals surface area contributed by atoms with E-state index in [2.05, 4.69) is 5.32 Å². The van der Waals surface area contributed by atoms with Gasteiger partial charge in [0, 0.05) is 59.5 Å². The lowest BCUT2D eigenvalue weighted by atomic mass is 9.94. The number of carbonyl (C=O) groups excluding carboxylic acids is 4. The molecule has 1 amide bonds. The van der Waals surface area contributed by atoms with Crippen molar-refractivity contribution >= 4 is 29.4 Å². The zero-order chi connectivity index (χ0) is 42.4. The number of nitrogens with one attached hydrogen (secondary N) is 1. The number of carboxylic acids is 1. The molecule has 0 radical (unpaired) electrons. The zero-order valence-electron chi connectivity index (χ0n) is 36.2. The Bertz CT molecular complexity index is 1030. The first kappa shape index (κ1) is 54.5. The highest BCUT2D eigenvalue weighted by Crippen LogP contribution is 2.21. The number of carbonyl (C=O) groups is 5. The SMILES string of the molecule is COC(COCCOCCCC(=O)COCCOCCNC(=O)CC[C@H](CC(=O)CCCCCCCCCCCCCCCCC(=O)O)C(=O)OC(C)(C)C)OC. The maximum Gasteiger partial charge on any atom is 0.309 e. The summed E-state index contributed by atoms with van der Waals surface area (Å²) in [5.41, 5.74) is -0.690. The van der Waals surface area contributed by atoms with Crippen LogP contribution in [0.15, 0.2) is 0 Å². The predicted octanol–water partition coefficient (Wildman–Crippen LogP) is 7.16. The van der Waals surface area contributed by atoms with E-state index in [4.69, 9.17) is 38.3 Å². The number of methoxy groups -OCH3 is 2. The van der Waals surface area contributed by atoms with Crippen molar-refractivity contribution < 1.29 is 62.2 Å². The summed E-state index contributed by atoms with van der Waals surface area (Å²) >= 11 is 0. The number of hydrogen-bond acceptors (Lipinski definition) is 12. The maximum atomic E-state index is 12.9. The monoisotopic (exact) mass is 818 g/mol. The van der Waals surface area contributed by atoms with E-state index in [9.17, 15) is 24.0 Å². The Morgan fingerprint density at radius 1 is 0.561 bits per heavy atom. The van der Waals surface area contributed by atoms with Gasteiger partial charge in [-0.05, 0) is 46.5 Å². The van der Waals surface area contributed by atoms with Gasteiger partial charge in [0.05, 0.1) is 45.6 Å². The van der Waals surface area contributed by atoms with Crippen molar-refractivity contribution in [3.8, 4) is 0 Å². The number of unbranched alkanes of at least 4 members (excludes halogenated alkanes) is 13. The first-order chi connectivity index (χ1) is 27.4. The normalized spacial score (nSPS) is 12.2. The van der Waals surface area contributed by atoms with Crippen LogP contribution >= 0.6 is 0 Å². The van der Waals surface area contributed by atoms with Crippen LogP contribution in [0.4, 0.5) is 0 Å². The third-order valence-electron chi connectivity index (χ3n) is 9.13. The third-order valence-corrected chi connectivity index (χ3v) is 9.13. The van der Waals surface area contributed by atoms with E-state index < -0.39 is 29.7 Å². The summed E-state index contributed by atoms with van der Waals surface area (Å²) in [4.78, 5) is 60.8. The molecule has 2 N–H and O–H groups in total. The Hall–Kier alpha value is -2.49. The molecule has 1 atom stereocenters. The number of rotatable bonds is 42. The van der Waals surface area contributed by atoms with Gasteiger partial charge in [0.2, 0.25) is 5.91 Å². The average Bonchev–Trinajstić information content (AvgIpc) is 3.15. The second-order valence-corrected chi connectivity index (χ2v) is 15.6. The molecule has 57 heavy (non-hydrogen) atoms. The van der Waals surface area contributed by atoms with E-state index in [0.29, 0.717) is 45.7 Å². The number of aliphatic carboxylic acids is 1. The summed E-state index contributed by atoms with van der Waals surface area (Å²) in [6.45, 7) is 8.07. The average molecular weight is 818 g/mol. The van der Waals surface area contributed by atoms with Crippen LogP contribution in [-0.4, -0.2) is 120 Å². The molecule has 0 saturated carbocycles. The van der Waals surface area contributed by atoms with E-state index in [1.54, 1.807) is 35.0 Å². The Labute approximate surface area is 343 Å². The molecule has 0 aliphatic rings. The van der Waals surface area contributed by atoms with Gasteiger partial charge >= 0.3 is 11.9 Å². The quantitative estimate of drug-likeness (QED) is 0.0360. The van der Waals surface area contributed by atoms with Crippen molar-refractivity contribution in [1.82, 2.24) is 5.32 Å². The molecule has 334 valence electrons. The number of hydrogen-bond donors (Lipinski definition) is 2. The Kier molecular flexibility index (Phi) is 36.1. The number of ether oxygens (including phenoxy) is 7. The van der Waals surface area contributed by atoms with Gasteiger partial charge in [-0.1, -0.05) is 77.0 Å². The summed E-state index contributed by atoms with van der Waals surface area (Å²) in [5, 5.41) is 11.5. The molecule has 0 aromatic rings. The minimum atomic E-state index is -0.704. The van der Waals surface area contributed by atoms with Crippen LogP contribution < -0.4 is 5.32 Å². The first-order valence-corrected chi connectivity index (χ1v) is 21.5. The van der Waals surface area contributed by atoms with E-state index in [-0.39, 0.29) is 76.1 Å². The standard InChI is InChI=1S/C43H79NO13/c1-43(2,3)57-42(50)36(33-37(45)21-18-16-14-12-10-8-6-7-9-11-13-15-17-19-23-40(48)49)24-25-39(47)44-26-28-54-30-31-55-34-38(46)22-20-27-53-29-32-56-35-41(51-4)52-5/h36,41H,6-35H2,1-5H3,(H,44,47)(H,48,49)/t36-/m1/s1. The van der Waals surface area contributed by atoms with Gasteiger partial charge in [0.15, 0.2) is 12.1 Å². The van der Waals surface area contributed by atoms with E-state index in [1.807, 2.05) is 0 Å². The highest BCUT2D eigenvalue weighted by molar-refractivity contribution is 5.85. The second-order valence-electron chi connectivity index (χ2n) is 15.6. The fourth-order valence-corrected chi connectivity index (χ4v) is 5.92. The molecule has 0 saturated heterocycles. The summed E-state index contributed by atoms with van der Waals surface area (Å²) in [6.07, 6.45) is 17.2. The molecule has 0 rings (SSSR count). The van der Waals surface area contributed by atoms with E-state index in [1.165, 1.54) is 44.9 Å². The summed E-state index contributed by atoms with van der Waals surface area (Å²) in [5.74, 6) is -2.04. The minimum Gasteiger partial charge on any atom is -0.481 e. The van der Waals surface area contributed by atoms with E-state index in [0.717, 1.165) is 44.9 Å². The molecule has 14 heteroatoms. The predicted molar refractivity (Wildman–Crippen MR) is 218 cm³/mol. The number of ketones is 2. The number of amides is 1. The topological polar surface area (TPSA) is 182 Å². The molecule has 14 nitrogen and oxygen atoms in total. The van der Waals surface area contributed by atoms with Gasteiger partial charge in [-0.2, -0.15) is 0 Å².